The Balaban J connectivity index is 1.92. The van der Waals surface area contributed by atoms with Gasteiger partial charge >= 0.3 is 11.9 Å². The van der Waals surface area contributed by atoms with Gasteiger partial charge in [-0.2, -0.15) is 11.8 Å². The van der Waals surface area contributed by atoms with Gasteiger partial charge in [-0.3, -0.25) is 9.59 Å². The first kappa shape index (κ1) is 30.6. The molecule has 2 aromatic rings. The van der Waals surface area contributed by atoms with Gasteiger partial charge in [0.25, 0.3) is 0 Å². The molecule has 2 aromatic carbocycles. The lowest BCUT2D eigenvalue weighted by Crippen LogP contribution is -2.19. The number of hydrogen-bond acceptors (Lipinski definition) is 5. The van der Waals surface area contributed by atoms with Crippen molar-refractivity contribution in [1.82, 2.24) is 0 Å². The lowest BCUT2D eigenvalue weighted by Gasteiger charge is -2.22. The average Bonchev–Trinajstić information content (AvgIpc) is 2.77. The quantitative estimate of drug-likeness (QED) is 0.235. The van der Waals surface area contributed by atoms with Crippen LogP contribution in [0.15, 0.2) is 36.4 Å². The summed E-state index contributed by atoms with van der Waals surface area (Å²) in [7, 11) is 0. The summed E-state index contributed by atoms with van der Waals surface area (Å²) < 4.78 is 0. The number of carbonyl (C=O) groups is 2. The number of aliphatic carboxylic acids is 2. The molecule has 0 radical (unpaired) electrons. The van der Waals surface area contributed by atoms with Crippen LogP contribution >= 0.6 is 11.8 Å². The number of carboxylic acid groups (broad SMARTS) is 2. The number of carboxylic acids is 2. The zero-order chi connectivity index (χ0) is 28.0. The minimum absolute atomic E-state index is 0.216. The van der Waals surface area contributed by atoms with Crippen LogP contribution in [-0.4, -0.2) is 43.9 Å². The van der Waals surface area contributed by atoms with Crippen molar-refractivity contribution in [2.75, 3.05) is 11.5 Å². The van der Waals surface area contributed by atoms with Crippen LogP contribution in [0.2, 0.25) is 0 Å². The van der Waals surface area contributed by atoms with Crippen LogP contribution in [0.5, 0.6) is 11.5 Å². The van der Waals surface area contributed by atoms with Crippen molar-refractivity contribution in [3.05, 3.63) is 58.7 Å². The van der Waals surface area contributed by atoms with Crippen molar-refractivity contribution < 1.29 is 30.0 Å². The first-order chi connectivity index (χ1) is 17.1. The lowest BCUT2D eigenvalue weighted by atomic mass is 9.84. The standard InChI is InChI=1S/C30H42O6S/c1-29(2,3)23-17-19(7-9-25(23)31)15-21(27(33)34)11-13-37-14-12-22(28(35)36)16-20-8-10-26(32)24(18-20)30(4,5)6/h7-10,17-18,21-22,31-32H,11-16H2,1-6H3,(H,33,34)(H,35,36). The first-order valence-electron chi connectivity index (χ1n) is 12.8. The monoisotopic (exact) mass is 530 g/mol. The minimum Gasteiger partial charge on any atom is -0.508 e. The predicted molar refractivity (Wildman–Crippen MR) is 150 cm³/mol. The Kier molecular flexibility index (Phi) is 10.5. The van der Waals surface area contributed by atoms with E-state index >= 15 is 0 Å². The molecule has 6 nitrogen and oxygen atoms in total. The maximum Gasteiger partial charge on any atom is 0.306 e. The SMILES string of the molecule is CC(C)(C)c1cc(CC(CCSCCC(Cc2ccc(O)c(C(C)(C)C)c2)C(=O)O)C(=O)O)ccc1O. The normalized spacial score (nSPS) is 13.8. The van der Waals surface area contributed by atoms with E-state index in [1.165, 1.54) is 0 Å². The van der Waals surface area contributed by atoms with Gasteiger partial charge in [-0.05, 0) is 82.4 Å². The highest BCUT2D eigenvalue weighted by Gasteiger charge is 2.24. The molecule has 0 bridgehead atoms. The Labute approximate surface area is 225 Å². The fourth-order valence-electron chi connectivity index (χ4n) is 4.37. The smallest absolute Gasteiger partial charge is 0.306 e. The number of benzene rings is 2. The van der Waals surface area contributed by atoms with Gasteiger partial charge < -0.3 is 20.4 Å². The number of aromatic hydroxyl groups is 2. The van der Waals surface area contributed by atoms with Gasteiger partial charge in [0.1, 0.15) is 11.5 Å². The second-order valence-electron chi connectivity index (χ2n) is 11.9. The Hall–Kier alpha value is -2.67. The van der Waals surface area contributed by atoms with Gasteiger partial charge in [-0.1, -0.05) is 65.8 Å². The molecule has 0 aliphatic rings. The van der Waals surface area contributed by atoms with Crippen molar-refractivity contribution >= 4 is 23.7 Å². The van der Waals surface area contributed by atoms with Gasteiger partial charge in [-0.15, -0.1) is 0 Å². The molecule has 0 heterocycles. The second-order valence-corrected chi connectivity index (χ2v) is 13.1. The Morgan fingerprint density at radius 2 is 1.05 bits per heavy atom. The zero-order valence-electron chi connectivity index (χ0n) is 22.9. The van der Waals surface area contributed by atoms with Crippen LogP contribution < -0.4 is 0 Å². The molecule has 37 heavy (non-hydrogen) atoms. The molecule has 0 fully saturated rings. The molecule has 0 amide bonds. The van der Waals surface area contributed by atoms with Crippen LogP contribution in [0.4, 0.5) is 0 Å². The van der Waals surface area contributed by atoms with Crippen LogP contribution in [0.3, 0.4) is 0 Å². The fraction of sp³-hybridized carbons (Fsp3) is 0.533. The molecule has 4 N–H and O–H groups in total. The van der Waals surface area contributed by atoms with E-state index in [-0.39, 0.29) is 22.3 Å². The van der Waals surface area contributed by atoms with Crippen LogP contribution in [-0.2, 0) is 33.3 Å². The lowest BCUT2D eigenvalue weighted by molar-refractivity contribution is -0.142. The molecular weight excluding hydrogens is 488 g/mol. The first-order valence-corrected chi connectivity index (χ1v) is 13.9. The molecular formula is C30H42O6S. The van der Waals surface area contributed by atoms with Gasteiger partial charge in [0.15, 0.2) is 0 Å². The van der Waals surface area contributed by atoms with E-state index in [9.17, 15) is 30.0 Å². The van der Waals surface area contributed by atoms with Gasteiger partial charge in [0.05, 0.1) is 11.8 Å². The van der Waals surface area contributed by atoms with Crippen LogP contribution in [0, 0.1) is 11.8 Å². The summed E-state index contributed by atoms with van der Waals surface area (Å²) in [5.41, 5.74) is 2.87. The third kappa shape index (κ3) is 9.29. The number of phenolic OH excluding ortho intramolecular Hbond substituents is 2. The summed E-state index contributed by atoms with van der Waals surface area (Å²) in [5, 5.41) is 39.8. The Bertz CT molecular complexity index is 995. The number of hydrogen-bond donors (Lipinski definition) is 4. The Morgan fingerprint density at radius 3 is 1.35 bits per heavy atom. The van der Waals surface area contributed by atoms with E-state index in [1.54, 1.807) is 36.0 Å². The molecule has 0 aliphatic heterocycles. The highest BCUT2D eigenvalue weighted by molar-refractivity contribution is 7.99. The van der Waals surface area contributed by atoms with E-state index < -0.39 is 23.8 Å². The average molecular weight is 531 g/mol. The summed E-state index contributed by atoms with van der Waals surface area (Å²) in [4.78, 5) is 23.8. The molecule has 2 unspecified atom stereocenters. The zero-order valence-corrected chi connectivity index (χ0v) is 23.7. The fourth-order valence-corrected chi connectivity index (χ4v) is 5.48. The molecule has 0 saturated carbocycles. The Morgan fingerprint density at radius 1 is 0.703 bits per heavy atom. The molecule has 0 aromatic heterocycles. The van der Waals surface area contributed by atoms with E-state index in [0.717, 1.165) is 22.3 Å². The van der Waals surface area contributed by atoms with Crippen LogP contribution in [0.25, 0.3) is 0 Å². The molecule has 2 rings (SSSR count). The minimum atomic E-state index is -0.851. The van der Waals surface area contributed by atoms with E-state index in [1.807, 2.05) is 53.7 Å². The summed E-state index contributed by atoms with van der Waals surface area (Å²) >= 11 is 1.58. The van der Waals surface area contributed by atoms with Crippen LogP contribution in [0.1, 0.15) is 76.6 Å². The van der Waals surface area contributed by atoms with Gasteiger partial charge in [0.2, 0.25) is 0 Å². The number of rotatable bonds is 12. The van der Waals surface area contributed by atoms with E-state index in [0.29, 0.717) is 37.2 Å². The van der Waals surface area contributed by atoms with E-state index in [4.69, 9.17) is 0 Å². The summed E-state index contributed by atoms with van der Waals surface area (Å²) in [6.45, 7) is 12.0. The van der Waals surface area contributed by atoms with Gasteiger partial charge in [0, 0.05) is 0 Å². The van der Waals surface area contributed by atoms with Crippen molar-refractivity contribution in [3.63, 3.8) is 0 Å². The van der Waals surface area contributed by atoms with E-state index in [2.05, 4.69) is 0 Å². The third-order valence-electron chi connectivity index (χ3n) is 6.62. The second kappa shape index (κ2) is 12.7. The third-order valence-corrected chi connectivity index (χ3v) is 7.67. The highest BCUT2D eigenvalue weighted by Crippen LogP contribution is 2.33. The maximum absolute atomic E-state index is 11.9. The van der Waals surface area contributed by atoms with Crippen molar-refractivity contribution in [2.24, 2.45) is 11.8 Å². The molecule has 204 valence electrons. The molecule has 2 atom stereocenters. The molecule has 0 spiro atoms. The summed E-state index contributed by atoms with van der Waals surface area (Å²) in [6.07, 6.45) is 1.73. The molecule has 0 saturated heterocycles. The van der Waals surface area contributed by atoms with Crippen molar-refractivity contribution in [2.45, 2.75) is 78.1 Å². The molecule has 0 aliphatic carbocycles. The highest BCUT2D eigenvalue weighted by atomic mass is 32.2. The molecule has 7 heteroatoms. The topological polar surface area (TPSA) is 115 Å². The maximum atomic E-state index is 11.9. The van der Waals surface area contributed by atoms with Crippen molar-refractivity contribution in [3.8, 4) is 11.5 Å². The number of phenols is 2. The largest absolute Gasteiger partial charge is 0.508 e. The summed E-state index contributed by atoms with van der Waals surface area (Å²) in [6, 6.07) is 10.6. The van der Waals surface area contributed by atoms with Gasteiger partial charge in [-0.25, -0.2) is 0 Å². The summed E-state index contributed by atoms with van der Waals surface area (Å²) in [5.74, 6) is -1.11. The van der Waals surface area contributed by atoms with Crippen molar-refractivity contribution in [1.29, 1.82) is 0 Å². The number of thioether (sulfide) groups is 1. The predicted octanol–water partition coefficient (Wildman–Crippen LogP) is 6.39.